The molecule has 1 aromatic heterocycles. The van der Waals surface area contributed by atoms with E-state index in [0.29, 0.717) is 11.5 Å². The predicted octanol–water partition coefficient (Wildman–Crippen LogP) is 3.21. The number of aromatic nitrogens is 2. The van der Waals surface area contributed by atoms with Gasteiger partial charge in [-0.15, -0.1) is 0 Å². The molecule has 1 unspecified atom stereocenters. The van der Waals surface area contributed by atoms with E-state index in [0.717, 1.165) is 13.0 Å². The Morgan fingerprint density at radius 3 is 2.94 bits per heavy atom. The van der Waals surface area contributed by atoms with Gasteiger partial charge in [-0.2, -0.15) is 5.10 Å². The maximum atomic E-state index is 4.07. The zero-order chi connectivity index (χ0) is 13.0. The molecule has 2 N–H and O–H groups in total. The molecule has 0 amide bonds. The Hall–Kier alpha value is -0.830. The van der Waals surface area contributed by atoms with Gasteiger partial charge in [0.2, 0.25) is 0 Å². The Bertz CT molecular complexity index is 368. The summed E-state index contributed by atoms with van der Waals surface area (Å²) >= 11 is 0. The van der Waals surface area contributed by atoms with Gasteiger partial charge in [0.05, 0.1) is 6.20 Å². The molecule has 0 aromatic carbocycles. The molecule has 1 fully saturated rings. The summed E-state index contributed by atoms with van der Waals surface area (Å²) in [5, 5.41) is 10.8. The normalized spacial score (nSPS) is 23.2. The summed E-state index contributed by atoms with van der Waals surface area (Å²) in [6.45, 7) is 8.03. The van der Waals surface area contributed by atoms with E-state index >= 15 is 0 Å². The van der Waals surface area contributed by atoms with E-state index in [-0.39, 0.29) is 0 Å². The average molecular weight is 249 g/mol. The van der Waals surface area contributed by atoms with Crippen molar-refractivity contribution < 1.29 is 0 Å². The van der Waals surface area contributed by atoms with Crippen molar-refractivity contribution in [1.29, 1.82) is 0 Å². The number of hydrogen-bond donors (Lipinski definition) is 2. The molecule has 3 nitrogen and oxygen atoms in total. The first-order valence-electron chi connectivity index (χ1n) is 7.32. The summed E-state index contributed by atoms with van der Waals surface area (Å²) in [6, 6.07) is 0.705. The third-order valence-corrected chi connectivity index (χ3v) is 4.46. The van der Waals surface area contributed by atoms with Crippen molar-refractivity contribution in [3.05, 3.63) is 17.5 Å². The lowest BCUT2D eigenvalue weighted by Crippen LogP contribution is -2.44. The molecular weight excluding hydrogens is 222 g/mol. The Kier molecular flexibility index (Phi) is 4.44. The van der Waals surface area contributed by atoms with E-state index < -0.39 is 0 Å². The fraction of sp³-hybridized carbons (Fsp3) is 0.800. The Balaban J connectivity index is 1.70. The zero-order valence-electron chi connectivity index (χ0n) is 12.1. The van der Waals surface area contributed by atoms with Gasteiger partial charge < -0.3 is 5.32 Å². The number of aromatic amines is 1. The standard InChI is InChI=1S/C15H27N3/c1-12-13(11-17-18-12)7-6-10-16-14-8-4-5-9-15(14,2)3/h11,14,16H,4-10H2,1-3H3,(H,17,18). The first-order chi connectivity index (χ1) is 8.59. The van der Waals surface area contributed by atoms with Crippen molar-refractivity contribution in [2.24, 2.45) is 5.41 Å². The number of aryl methyl sites for hydroxylation is 2. The van der Waals surface area contributed by atoms with Crippen LogP contribution >= 0.6 is 0 Å². The van der Waals surface area contributed by atoms with Crippen molar-refractivity contribution in [2.45, 2.75) is 65.3 Å². The second-order valence-electron chi connectivity index (χ2n) is 6.36. The third-order valence-electron chi connectivity index (χ3n) is 4.46. The van der Waals surface area contributed by atoms with Gasteiger partial charge in [-0.25, -0.2) is 0 Å². The lowest BCUT2D eigenvalue weighted by atomic mass is 9.73. The highest BCUT2D eigenvalue weighted by molar-refractivity contribution is 5.14. The SMILES string of the molecule is Cc1[nH]ncc1CCCNC1CCCCC1(C)C. The summed E-state index contributed by atoms with van der Waals surface area (Å²) in [5.41, 5.74) is 3.05. The zero-order valence-corrected chi connectivity index (χ0v) is 12.1. The number of nitrogens with zero attached hydrogens (tertiary/aromatic N) is 1. The monoisotopic (exact) mass is 249 g/mol. The Morgan fingerprint density at radius 1 is 1.44 bits per heavy atom. The minimum atomic E-state index is 0.476. The van der Waals surface area contributed by atoms with Gasteiger partial charge in [-0.3, -0.25) is 5.10 Å². The van der Waals surface area contributed by atoms with Crippen LogP contribution in [0.3, 0.4) is 0 Å². The van der Waals surface area contributed by atoms with E-state index in [1.165, 1.54) is 43.4 Å². The number of H-pyrrole nitrogens is 1. The van der Waals surface area contributed by atoms with Crippen LogP contribution in [0.15, 0.2) is 6.20 Å². The van der Waals surface area contributed by atoms with Gasteiger partial charge in [0.1, 0.15) is 0 Å². The van der Waals surface area contributed by atoms with Gasteiger partial charge in [0.25, 0.3) is 0 Å². The molecule has 1 aliphatic carbocycles. The Labute approximate surface area is 111 Å². The van der Waals surface area contributed by atoms with Gasteiger partial charge in [-0.05, 0) is 50.1 Å². The summed E-state index contributed by atoms with van der Waals surface area (Å²) in [5.74, 6) is 0. The Morgan fingerprint density at radius 2 is 2.28 bits per heavy atom. The molecule has 1 saturated carbocycles. The van der Waals surface area contributed by atoms with Gasteiger partial charge in [-0.1, -0.05) is 26.7 Å². The number of rotatable bonds is 5. The molecule has 0 radical (unpaired) electrons. The highest BCUT2D eigenvalue weighted by Crippen LogP contribution is 2.35. The molecule has 2 rings (SSSR count). The molecule has 3 heteroatoms. The number of hydrogen-bond acceptors (Lipinski definition) is 2. The predicted molar refractivity (Wildman–Crippen MR) is 75.7 cm³/mol. The fourth-order valence-corrected chi connectivity index (χ4v) is 3.06. The van der Waals surface area contributed by atoms with Crippen LogP contribution in [0.5, 0.6) is 0 Å². The molecule has 1 aliphatic rings. The van der Waals surface area contributed by atoms with Crippen LogP contribution in [-0.4, -0.2) is 22.8 Å². The van der Waals surface area contributed by atoms with Crippen LogP contribution in [0.4, 0.5) is 0 Å². The van der Waals surface area contributed by atoms with Crippen molar-refractivity contribution >= 4 is 0 Å². The summed E-state index contributed by atoms with van der Waals surface area (Å²) in [4.78, 5) is 0. The van der Waals surface area contributed by atoms with Crippen molar-refractivity contribution in [1.82, 2.24) is 15.5 Å². The summed E-state index contributed by atoms with van der Waals surface area (Å²) < 4.78 is 0. The van der Waals surface area contributed by atoms with Crippen molar-refractivity contribution in [3.63, 3.8) is 0 Å². The lowest BCUT2D eigenvalue weighted by molar-refractivity contribution is 0.168. The molecule has 1 atom stereocenters. The maximum absolute atomic E-state index is 4.07. The summed E-state index contributed by atoms with van der Waals surface area (Å²) in [7, 11) is 0. The van der Waals surface area contributed by atoms with Gasteiger partial charge >= 0.3 is 0 Å². The number of nitrogens with one attached hydrogen (secondary N) is 2. The molecule has 102 valence electrons. The van der Waals surface area contributed by atoms with E-state index in [1.807, 2.05) is 6.20 Å². The smallest absolute Gasteiger partial charge is 0.0522 e. The van der Waals surface area contributed by atoms with E-state index in [1.54, 1.807) is 0 Å². The van der Waals surface area contributed by atoms with E-state index in [4.69, 9.17) is 0 Å². The van der Waals surface area contributed by atoms with E-state index in [9.17, 15) is 0 Å². The minimum Gasteiger partial charge on any atom is -0.313 e. The highest BCUT2D eigenvalue weighted by atomic mass is 15.1. The highest BCUT2D eigenvalue weighted by Gasteiger charge is 2.31. The molecule has 18 heavy (non-hydrogen) atoms. The second kappa shape index (κ2) is 5.87. The van der Waals surface area contributed by atoms with Crippen LogP contribution < -0.4 is 5.32 Å². The second-order valence-corrected chi connectivity index (χ2v) is 6.36. The van der Waals surface area contributed by atoms with Gasteiger partial charge in [0, 0.05) is 11.7 Å². The first-order valence-corrected chi connectivity index (χ1v) is 7.32. The lowest BCUT2D eigenvalue weighted by Gasteiger charge is -2.39. The summed E-state index contributed by atoms with van der Waals surface area (Å²) in [6.07, 6.45) is 9.79. The van der Waals surface area contributed by atoms with Crippen LogP contribution in [0.2, 0.25) is 0 Å². The van der Waals surface area contributed by atoms with Crippen LogP contribution in [0, 0.1) is 12.3 Å². The van der Waals surface area contributed by atoms with Gasteiger partial charge in [0.15, 0.2) is 0 Å². The minimum absolute atomic E-state index is 0.476. The molecular formula is C15H27N3. The fourth-order valence-electron chi connectivity index (χ4n) is 3.06. The topological polar surface area (TPSA) is 40.7 Å². The molecule has 1 heterocycles. The molecule has 0 aliphatic heterocycles. The quantitative estimate of drug-likeness (QED) is 0.787. The van der Waals surface area contributed by atoms with Crippen LogP contribution in [-0.2, 0) is 6.42 Å². The van der Waals surface area contributed by atoms with E-state index in [2.05, 4.69) is 36.3 Å². The average Bonchev–Trinajstić information content (AvgIpc) is 2.72. The van der Waals surface area contributed by atoms with Crippen molar-refractivity contribution in [3.8, 4) is 0 Å². The largest absolute Gasteiger partial charge is 0.313 e. The van der Waals surface area contributed by atoms with Crippen LogP contribution in [0.25, 0.3) is 0 Å². The van der Waals surface area contributed by atoms with Crippen molar-refractivity contribution in [2.75, 3.05) is 6.54 Å². The molecule has 0 spiro atoms. The van der Waals surface area contributed by atoms with Crippen LogP contribution in [0.1, 0.15) is 57.2 Å². The molecule has 1 aromatic rings. The maximum Gasteiger partial charge on any atom is 0.0522 e. The molecule has 0 bridgehead atoms. The molecule has 0 saturated heterocycles. The third kappa shape index (κ3) is 3.35. The first kappa shape index (κ1) is 13.6.